The van der Waals surface area contributed by atoms with Gasteiger partial charge in [-0.15, -0.1) is 0 Å². The Bertz CT molecular complexity index is 877. The van der Waals surface area contributed by atoms with E-state index in [1.807, 2.05) is 0 Å². The van der Waals surface area contributed by atoms with Gasteiger partial charge in [0.05, 0.1) is 4.90 Å². The maximum absolute atomic E-state index is 12.7. The van der Waals surface area contributed by atoms with Crippen LogP contribution in [0.1, 0.15) is 24.2 Å². The summed E-state index contributed by atoms with van der Waals surface area (Å²) >= 11 is 0. The zero-order valence-electron chi connectivity index (χ0n) is 14.0. The molecule has 1 unspecified atom stereocenters. The minimum atomic E-state index is -3.88. The number of primary sulfonamides is 1. The van der Waals surface area contributed by atoms with Gasteiger partial charge in [0.15, 0.2) is 5.78 Å². The fraction of sp³-hybridized carbons (Fsp3) is 0.222. The van der Waals surface area contributed by atoms with E-state index in [0.717, 1.165) is 0 Å². The van der Waals surface area contributed by atoms with Crippen molar-refractivity contribution in [1.29, 1.82) is 0 Å². The summed E-state index contributed by atoms with van der Waals surface area (Å²) in [6.45, 7) is 3.57. The van der Waals surface area contributed by atoms with E-state index in [2.05, 4.69) is 5.32 Å². The fourth-order valence-electron chi connectivity index (χ4n) is 2.48. The monoisotopic (exact) mass is 360 g/mol. The van der Waals surface area contributed by atoms with Crippen LogP contribution in [0.3, 0.4) is 0 Å². The SMILES string of the molecule is CC(C)C(C(=O)Nc1cccc(S(N)(=O)=O)c1)C(=O)c1ccccc1. The molecule has 0 saturated heterocycles. The van der Waals surface area contributed by atoms with Crippen molar-refractivity contribution in [2.45, 2.75) is 18.7 Å². The normalized spacial score (nSPS) is 12.6. The molecule has 0 aromatic heterocycles. The topological polar surface area (TPSA) is 106 Å². The van der Waals surface area contributed by atoms with E-state index in [-0.39, 0.29) is 22.3 Å². The fourth-order valence-corrected chi connectivity index (χ4v) is 3.04. The van der Waals surface area contributed by atoms with Crippen molar-refractivity contribution in [3.8, 4) is 0 Å². The molecule has 0 spiro atoms. The van der Waals surface area contributed by atoms with Crippen molar-refractivity contribution < 1.29 is 18.0 Å². The highest BCUT2D eigenvalue weighted by Crippen LogP contribution is 2.21. The zero-order valence-corrected chi connectivity index (χ0v) is 14.8. The third-order valence-corrected chi connectivity index (χ3v) is 4.63. The van der Waals surface area contributed by atoms with Gasteiger partial charge in [0.1, 0.15) is 5.92 Å². The van der Waals surface area contributed by atoms with Crippen LogP contribution in [0.4, 0.5) is 5.69 Å². The molecule has 0 radical (unpaired) electrons. The third kappa shape index (κ3) is 4.74. The van der Waals surface area contributed by atoms with E-state index in [4.69, 9.17) is 5.14 Å². The number of rotatable bonds is 6. The van der Waals surface area contributed by atoms with Crippen LogP contribution in [0.25, 0.3) is 0 Å². The number of nitrogens with two attached hydrogens (primary N) is 1. The third-order valence-electron chi connectivity index (χ3n) is 3.72. The van der Waals surface area contributed by atoms with Crippen molar-refractivity contribution in [3.05, 3.63) is 60.2 Å². The molecule has 6 nitrogen and oxygen atoms in total. The Morgan fingerprint density at radius 3 is 2.20 bits per heavy atom. The first-order valence-electron chi connectivity index (χ1n) is 7.73. The Hall–Kier alpha value is -2.51. The highest BCUT2D eigenvalue weighted by Gasteiger charge is 2.30. The van der Waals surface area contributed by atoms with Crippen LogP contribution in [0.2, 0.25) is 0 Å². The average Bonchev–Trinajstić information content (AvgIpc) is 2.54. The van der Waals surface area contributed by atoms with Gasteiger partial charge >= 0.3 is 0 Å². The summed E-state index contributed by atoms with van der Waals surface area (Å²) in [5.74, 6) is -1.89. The molecule has 3 N–H and O–H groups in total. The van der Waals surface area contributed by atoms with Gasteiger partial charge in [0, 0.05) is 11.3 Å². The largest absolute Gasteiger partial charge is 0.325 e. The average molecular weight is 360 g/mol. The number of sulfonamides is 1. The molecule has 7 heteroatoms. The molecule has 2 rings (SSSR count). The maximum Gasteiger partial charge on any atom is 0.238 e. The number of hydrogen-bond donors (Lipinski definition) is 2. The summed E-state index contributed by atoms with van der Waals surface area (Å²) in [4.78, 5) is 25.2. The van der Waals surface area contributed by atoms with Gasteiger partial charge in [-0.05, 0) is 24.1 Å². The Kier molecular flexibility index (Phi) is 5.71. The molecule has 0 aliphatic carbocycles. The molecule has 1 amide bonds. The Labute approximate surface area is 147 Å². The quantitative estimate of drug-likeness (QED) is 0.609. The van der Waals surface area contributed by atoms with Crippen molar-refractivity contribution in [2.75, 3.05) is 5.32 Å². The van der Waals surface area contributed by atoms with Crippen molar-refractivity contribution in [3.63, 3.8) is 0 Å². The lowest BCUT2D eigenvalue weighted by Gasteiger charge is -2.19. The van der Waals surface area contributed by atoms with E-state index in [9.17, 15) is 18.0 Å². The lowest BCUT2D eigenvalue weighted by Crippen LogP contribution is -2.33. The van der Waals surface area contributed by atoms with Crippen LogP contribution < -0.4 is 10.5 Å². The Morgan fingerprint density at radius 1 is 1.00 bits per heavy atom. The molecule has 1 atom stereocenters. The first-order chi connectivity index (χ1) is 11.7. The lowest BCUT2D eigenvalue weighted by atomic mass is 9.87. The second-order valence-electron chi connectivity index (χ2n) is 6.01. The molecule has 25 heavy (non-hydrogen) atoms. The summed E-state index contributed by atoms with van der Waals surface area (Å²) in [6, 6.07) is 14.2. The van der Waals surface area contributed by atoms with E-state index in [1.165, 1.54) is 24.3 Å². The number of carbonyl (C=O) groups is 2. The second kappa shape index (κ2) is 7.58. The number of benzene rings is 2. The molecule has 0 aliphatic rings. The number of hydrogen-bond acceptors (Lipinski definition) is 4. The highest BCUT2D eigenvalue weighted by molar-refractivity contribution is 7.89. The van der Waals surface area contributed by atoms with E-state index >= 15 is 0 Å². The van der Waals surface area contributed by atoms with Crippen LogP contribution in [-0.2, 0) is 14.8 Å². The highest BCUT2D eigenvalue weighted by atomic mass is 32.2. The van der Waals surface area contributed by atoms with Gasteiger partial charge in [0.2, 0.25) is 15.9 Å². The molecule has 2 aromatic rings. The molecular formula is C18H20N2O4S. The van der Waals surface area contributed by atoms with Crippen molar-refractivity contribution in [2.24, 2.45) is 17.0 Å². The van der Waals surface area contributed by atoms with Crippen LogP contribution in [0.5, 0.6) is 0 Å². The van der Waals surface area contributed by atoms with Gasteiger partial charge in [-0.3, -0.25) is 9.59 Å². The van der Waals surface area contributed by atoms with Gasteiger partial charge in [-0.25, -0.2) is 13.6 Å². The zero-order chi connectivity index (χ0) is 18.6. The van der Waals surface area contributed by atoms with E-state index in [1.54, 1.807) is 44.2 Å². The first-order valence-corrected chi connectivity index (χ1v) is 9.28. The smallest absolute Gasteiger partial charge is 0.238 e. The predicted octanol–water partition coefficient (Wildman–Crippen LogP) is 2.43. The van der Waals surface area contributed by atoms with Crippen molar-refractivity contribution >= 4 is 27.4 Å². The molecule has 2 aromatic carbocycles. The summed E-state index contributed by atoms with van der Waals surface area (Å²) in [7, 11) is -3.88. The number of anilines is 1. The second-order valence-corrected chi connectivity index (χ2v) is 7.58. The van der Waals surface area contributed by atoms with Gasteiger partial charge in [0.25, 0.3) is 0 Å². The summed E-state index contributed by atoms with van der Waals surface area (Å²) < 4.78 is 22.8. The lowest BCUT2D eigenvalue weighted by molar-refractivity contribution is -0.119. The molecule has 0 bridgehead atoms. The van der Waals surface area contributed by atoms with Crippen LogP contribution in [-0.4, -0.2) is 20.1 Å². The number of carbonyl (C=O) groups excluding carboxylic acids is 2. The first kappa shape index (κ1) is 18.8. The molecule has 0 fully saturated rings. The van der Waals surface area contributed by atoms with Gasteiger partial charge in [-0.2, -0.15) is 0 Å². The summed E-state index contributed by atoms with van der Waals surface area (Å²) in [6.07, 6.45) is 0. The van der Waals surface area contributed by atoms with Crippen LogP contribution in [0.15, 0.2) is 59.5 Å². The summed E-state index contributed by atoms with van der Waals surface area (Å²) in [5.41, 5.74) is 0.720. The number of Topliss-reactive ketones (excluding diaryl/α,β-unsaturated/α-hetero) is 1. The minimum Gasteiger partial charge on any atom is -0.325 e. The van der Waals surface area contributed by atoms with E-state index in [0.29, 0.717) is 5.56 Å². The van der Waals surface area contributed by atoms with Crippen molar-refractivity contribution in [1.82, 2.24) is 0 Å². The molecule has 132 valence electrons. The number of nitrogens with one attached hydrogen (secondary N) is 1. The Balaban J connectivity index is 2.26. The molecular weight excluding hydrogens is 340 g/mol. The number of ketones is 1. The summed E-state index contributed by atoms with van der Waals surface area (Å²) in [5, 5.41) is 7.70. The molecule has 0 aliphatic heterocycles. The Morgan fingerprint density at radius 2 is 1.64 bits per heavy atom. The van der Waals surface area contributed by atoms with Gasteiger partial charge in [-0.1, -0.05) is 50.2 Å². The maximum atomic E-state index is 12.7. The molecule has 0 saturated carbocycles. The van der Waals surface area contributed by atoms with Crippen LogP contribution in [0, 0.1) is 11.8 Å². The standard InChI is InChI=1S/C18H20N2O4S/c1-12(2)16(17(21)13-7-4-3-5-8-13)18(22)20-14-9-6-10-15(11-14)25(19,23)24/h3-12,16H,1-2H3,(H,20,22)(H2,19,23,24). The van der Waals surface area contributed by atoms with Gasteiger partial charge < -0.3 is 5.32 Å². The van der Waals surface area contributed by atoms with E-state index < -0.39 is 21.8 Å². The predicted molar refractivity (Wildman–Crippen MR) is 95.5 cm³/mol. The minimum absolute atomic E-state index is 0.110. The number of amides is 1. The van der Waals surface area contributed by atoms with Crippen LogP contribution >= 0.6 is 0 Å². The molecule has 0 heterocycles.